The van der Waals surface area contributed by atoms with E-state index in [1.165, 1.54) is 18.6 Å². The van der Waals surface area contributed by atoms with Crippen molar-refractivity contribution in [2.75, 3.05) is 13.6 Å². The second-order valence-corrected chi connectivity index (χ2v) is 7.80. The summed E-state index contributed by atoms with van der Waals surface area (Å²) in [4.78, 5) is 34.9. The van der Waals surface area contributed by atoms with E-state index in [-0.39, 0.29) is 29.5 Å². The Balaban J connectivity index is 1.36. The molecule has 32 heavy (non-hydrogen) atoms. The molecule has 3 N–H and O–H groups in total. The van der Waals surface area contributed by atoms with Crippen molar-refractivity contribution in [3.05, 3.63) is 95.6 Å². The molecule has 2 heterocycles. The number of nitrogens with zero attached hydrogens (tertiary/aromatic N) is 3. The van der Waals surface area contributed by atoms with Crippen LogP contribution in [0.4, 0.5) is 0 Å². The lowest BCUT2D eigenvalue weighted by molar-refractivity contribution is -0.134. The molecular formula is C24H26N6O2. The molecule has 2 amide bonds. The fourth-order valence-electron chi connectivity index (χ4n) is 3.79. The zero-order valence-electron chi connectivity index (χ0n) is 17.9. The summed E-state index contributed by atoms with van der Waals surface area (Å²) in [7, 11) is 1.84. The van der Waals surface area contributed by atoms with Gasteiger partial charge in [0.05, 0.1) is 18.2 Å². The topological polar surface area (TPSA) is 99.2 Å². The zero-order valence-corrected chi connectivity index (χ0v) is 17.9. The smallest absolute Gasteiger partial charge is 0.271 e. The molecule has 4 rings (SSSR count). The van der Waals surface area contributed by atoms with Crippen molar-refractivity contribution in [1.29, 1.82) is 0 Å². The van der Waals surface area contributed by atoms with Crippen LogP contribution < -0.4 is 16.2 Å². The van der Waals surface area contributed by atoms with Crippen molar-refractivity contribution in [2.24, 2.45) is 5.92 Å². The second kappa shape index (κ2) is 10.1. The van der Waals surface area contributed by atoms with E-state index in [1.807, 2.05) is 61.6 Å². The van der Waals surface area contributed by atoms with Crippen LogP contribution in [0, 0.1) is 5.92 Å². The van der Waals surface area contributed by atoms with Crippen molar-refractivity contribution in [2.45, 2.75) is 19.1 Å². The zero-order chi connectivity index (χ0) is 22.3. The van der Waals surface area contributed by atoms with E-state index in [1.54, 1.807) is 4.90 Å². The van der Waals surface area contributed by atoms with E-state index in [0.29, 0.717) is 19.6 Å². The van der Waals surface area contributed by atoms with Crippen LogP contribution in [-0.4, -0.2) is 40.3 Å². The lowest BCUT2D eigenvalue weighted by atomic mass is 9.93. The summed E-state index contributed by atoms with van der Waals surface area (Å²) in [6.45, 7) is 1.53. The van der Waals surface area contributed by atoms with Crippen LogP contribution in [0.5, 0.6) is 0 Å². The minimum atomic E-state index is -0.268. The highest BCUT2D eigenvalue weighted by Gasteiger charge is 2.35. The van der Waals surface area contributed by atoms with Crippen LogP contribution in [0.15, 0.2) is 73.2 Å². The molecule has 8 nitrogen and oxygen atoms in total. The van der Waals surface area contributed by atoms with Crippen LogP contribution >= 0.6 is 0 Å². The number of benzene rings is 2. The fourth-order valence-corrected chi connectivity index (χ4v) is 3.79. The van der Waals surface area contributed by atoms with Gasteiger partial charge in [0, 0.05) is 39.1 Å². The minimum Gasteiger partial charge on any atom is -0.347 e. The van der Waals surface area contributed by atoms with Gasteiger partial charge in [-0.05, 0) is 16.7 Å². The van der Waals surface area contributed by atoms with E-state index in [9.17, 15) is 9.59 Å². The second-order valence-electron chi connectivity index (χ2n) is 7.80. The molecule has 0 aliphatic carbocycles. The Bertz CT molecular complexity index is 1040. The predicted octanol–water partition coefficient (Wildman–Crippen LogP) is 1.83. The third-order valence-corrected chi connectivity index (χ3v) is 5.53. The van der Waals surface area contributed by atoms with E-state index in [0.717, 1.165) is 16.7 Å². The Morgan fingerprint density at radius 2 is 1.84 bits per heavy atom. The van der Waals surface area contributed by atoms with Gasteiger partial charge < -0.3 is 10.2 Å². The Morgan fingerprint density at radius 1 is 1.06 bits per heavy atom. The Morgan fingerprint density at radius 3 is 2.56 bits per heavy atom. The summed E-state index contributed by atoms with van der Waals surface area (Å²) in [6.07, 6.45) is 4.45. The van der Waals surface area contributed by atoms with E-state index < -0.39 is 0 Å². The Labute approximate surface area is 187 Å². The number of hydrogen-bond acceptors (Lipinski definition) is 6. The molecule has 1 aromatic heterocycles. The van der Waals surface area contributed by atoms with Crippen molar-refractivity contribution >= 4 is 11.8 Å². The van der Waals surface area contributed by atoms with Gasteiger partial charge in [0.15, 0.2) is 0 Å². The van der Waals surface area contributed by atoms with Gasteiger partial charge in [0.25, 0.3) is 5.91 Å². The fraction of sp³-hybridized carbons (Fsp3) is 0.250. The first kappa shape index (κ1) is 21.6. The van der Waals surface area contributed by atoms with Crippen LogP contribution in [0.1, 0.15) is 33.2 Å². The number of aromatic nitrogens is 2. The molecule has 0 spiro atoms. The average Bonchev–Trinajstić information content (AvgIpc) is 3.33. The minimum absolute atomic E-state index is 0.0941. The summed E-state index contributed by atoms with van der Waals surface area (Å²) in [5.41, 5.74) is 9.72. The first-order valence-electron chi connectivity index (χ1n) is 10.5. The molecule has 1 aliphatic rings. The van der Waals surface area contributed by atoms with Crippen molar-refractivity contribution in [1.82, 2.24) is 31.0 Å². The van der Waals surface area contributed by atoms with Gasteiger partial charge in [-0.1, -0.05) is 54.6 Å². The maximum absolute atomic E-state index is 13.1. The van der Waals surface area contributed by atoms with Crippen LogP contribution in [-0.2, 0) is 17.9 Å². The molecule has 0 radical (unpaired) electrons. The summed E-state index contributed by atoms with van der Waals surface area (Å²) in [5, 5.41) is 2.84. The maximum atomic E-state index is 13.1. The molecule has 2 atom stereocenters. The third kappa shape index (κ3) is 5.16. The number of hydrogen-bond donors (Lipinski definition) is 3. The SMILES string of the molecule is CN(Cc1ccccc1)C(=O)C1CNNC1c1ccc(CNC(=O)c2cnccn2)cc1. The monoisotopic (exact) mass is 430 g/mol. The number of carbonyl (C=O) groups is 2. The van der Waals surface area contributed by atoms with Crippen LogP contribution in [0.2, 0.25) is 0 Å². The van der Waals surface area contributed by atoms with E-state index in [4.69, 9.17) is 0 Å². The van der Waals surface area contributed by atoms with Crippen molar-refractivity contribution in [3.8, 4) is 0 Å². The normalized spacial score (nSPS) is 17.7. The highest BCUT2D eigenvalue weighted by Crippen LogP contribution is 2.27. The third-order valence-electron chi connectivity index (χ3n) is 5.53. The summed E-state index contributed by atoms with van der Waals surface area (Å²) in [6, 6.07) is 17.8. The molecule has 3 aromatic rings. The lowest BCUT2D eigenvalue weighted by Gasteiger charge is -2.24. The van der Waals surface area contributed by atoms with Crippen LogP contribution in [0.25, 0.3) is 0 Å². The number of amides is 2. The number of hydrazine groups is 1. The molecule has 1 aliphatic heterocycles. The largest absolute Gasteiger partial charge is 0.347 e. The molecular weight excluding hydrogens is 404 g/mol. The molecule has 164 valence electrons. The van der Waals surface area contributed by atoms with Crippen LogP contribution in [0.3, 0.4) is 0 Å². The van der Waals surface area contributed by atoms with Gasteiger partial charge in [-0.2, -0.15) is 0 Å². The molecule has 1 saturated heterocycles. The van der Waals surface area contributed by atoms with Gasteiger partial charge in [0.1, 0.15) is 5.69 Å². The van der Waals surface area contributed by atoms with Gasteiger partial charge in [-0.3, -0.25) is 20.0 Å². The van der Waals surface area contributed by atoms with Crippen molar-refractivity contribution < 1.29 is 9.59 Å². The Hall–Kier alpha value is -3.62. The first-order valence-corrected chi connectivity index (χ1v) is 10.5. The van der Waals surface area contributed by atoms with Gasteiger partial charge in [-0.15, -0.1) is 0 Å². The average molecular weight is 431 g/mol. The molecule has 2 unspecified atom stereocenters. The molecule has 0 bridgehead atoms. The van der Waals surface area contributed by atoms with Gasteiger partial charge in [0.2, 0.25) is 5.91 Å². The Kier molecular flexibility index (Phi) is 6.84. The quantitative estimate of drug-likeness (QED) is 0.529. The maximum Gasteiger partial charge on any atom is 0.271 e. The summed E-state index contributed by atoms with van der Waals surface area (Å²) >= 11 is 0. The van der Waals surface area contributed by atoms with E-state index >= 15 is 0 Å². The lowest BCUT2D eigenvalue weighted by Crippen LogP contribution is -2.36. The number of carbonyl (C=O) groups excluding carboxylic acids is 2. The van der Waals surface area contributed by atoms with Gasteiger partial charge >= 0.3 is 0 Å². The van der Waals surface area contributed by atoms with Gasteiger partial charge in [-0.25, -0.2) is 10.4 Å². The molecule has 2 aromatic carbocycles. The molecule has 0 saturated carbocycles. The predicted molar refractivity (Wildman–Crippen MR) is 120 cm³/mol. The highest BCUT2D eigenvalue weighted by molar-refractivity contribution is 5.91. The summed E-state index contributed by atoms with van der Waals surface area (Å²) < 4.78 is 0. The molecule has 8 heteroatoms. The van der Waals surface area contributed by atoms with Crippen molar-refractivity contribution in [3.63, 3.8) is 0 Å². The number of nitrogens with one attached hydrogen (secondary N) is 3. The number of rotatable bonds is 7. The molecule has 1 fully saturated rings. The highest BCUT2D eigenvalue weighted by atomic mass is 16.2. The summed E-state index contributed by atoms with van der Waals surface area (Å²) in [5.74, 6) is -0.376. The first-order chi connectivity index (χ1) is 15.6. The van der Waals surface area contributed by atoms with E-state index in [2.05, 4.69) is 26.1 Å². The standard InChI is InChI=1S/C24H26N6O2/c1-30(16-18-5-3-2-4-6-18)24(32)20-14-28-29-22(20)19-9-7-17(8-10-19)13-27-23(31)21-15-25-11-12-26-21/h2-12,15,20,22,28-29H,13-14,16H2,1H3,(H,27,31).